The minimum Gasteiger partial charge on any atom is -0.508 e. The van der Waals surface area contributed by atoms with E-state index >= 15 is 0 Å². The van der Waals surface area contributed by atoms with Gasteiger partial charge >= 0.3 is 0 Å². The van der Waals surface area contributed by atoms with Gasteiger partial charge in [0.15, 0.2) is 0 Å². The normalized spacial score (nSPS) is 17.1. The van der Waals surface area contributed by atoms with Crippen LogP contribution in [-0.4, -0.2) is 10.2 Å². The quantitative estimate of drug-likeness (QED) is 0.606. The van der Waals surface area contributed by atoms with Crippen molar-refractivity contribution in [3.05, 3.63) is 93.0 Å². The Bertz CT molecular complexity index is 1200. The minimum atomic E-state index is -0.447. The molecule has 0 bridgehead atoms. The van der Waals surface area contributed by atoms with Gasteiger partial charge in [-0.05, 0) is 53.4 Å². The molecule has 0 saturated heterocycles. The van der Waals surface area contributed by atoms with E-state index in [0.717, 1.165) is 22.3 Å². The first kappa shape index (κ1) is 17.6. The maximum absolute atomic E-state index is 10.8. The van der Waals surface area contributed by atoms with Crippen LogP contribution in [0.5, 0.6) is 11.5 Å². The first-order chi connectivity index (χ1) is 13.5. The molecule has 0 aromatic heterocycles. The molecule has 1 aliphatic rings. The maximum atomic E-state index is 10.8. The number of nitriles is 2. The molecule has 0 spiro atoms. The van der Waals surface area contributed by atoms with E-state index in [4.69, 9.17) is 0 Å². The molecule has 0 aliphatic heterocycles. The summed E-state index contributed by atoms with van der Waals surface area (Å²) < 4.78 is 0. The first-order valence-corrected chi connectivity index (χ1v) is 9.06. The Labute approximate surface area is 163 Å². The Balaban J connectivity index is 2.19. The van der Waals surface area contributed by atoms with Crippen LogP contribution in [0.2, 0.25) is 0 Å². The van der Waals surface area contributed by atoms with Crippen molar-refractivity contribution in [3.63, 3.8) is 0 Å². The number of hydrogen-bond donors (Lipinski definition) is 2. The second-order valence-corrected chi connectivity index (χ2v) is 7.15. The number of rotatable bonds is 1. The van der Waals surface area contributed by atoms with Gasteiger partial charge in [-0.15, -0.1) is 0 Å². The van der Waals surface area contributed by atoms with Crippen molar-refractivity contribution in [2.45, 2.75) is 25.7 Å². The summed E-state index contributed by atoms with van der Waals surface area (Å²) in [6.07, 6.45) is 0. The number of phenolic OH excluding ortho intramolecular Hbond substituents is 2. The van der Waals surface area contributed by atoms with Crippen LogP contribution in [0.15, 0.2) is 48.5 Å². The zero-order chi connectivity index (χ0) is 20.0. The molecule has 2 N–H and O–H groups in total. The number of phenols is 2. The number of hydrogen-bond acceptors (Lipinski definition) is 4. The fraction of sp³-hybridized carbons (Fsp3) is 0.167. The van der Waals surface area contributed by atoms with E-state index in [0.29, 0.717) is 22.3 Å². The highest BCUT2D eigenvalue weighted by Gasteiger charge is 2.38. The summed E-state index contributed by atoms with van der Waals surface area (Å²) in [5, 5.41) is 40.8. The van der Waals surface area contributed by atoms with Crippen molar-refractivity contribution in [2.24, 2.45) is 0 Å². The zero-order valence-corrected chi connectivity index (χ0v) is 15.6. The monoisotopic (exact) mass is 366 g/mol. The summed E-state index contributed by atoms with van der Waals surface area (Å²) >= 11 is 0. The fourth-order valence-electron chi connectivity index (χ4n) is 4.55. The number of fused-ring (bicyclic) bond motifs is 2. The molecular weight excluding hydrogens is 348 g/mol. The third-order valence-electron chi connectivity index (χ3n) is 5.70. The predicted molar refractivity (Wildman–Crippen MR) is 105 cm³/mol. The van der Waals surface area contributed by atoms with Gasteiger partial charge < -0.3 is 10.2 Å². The van der Waals surface area contributed by atoms with Gasteiger partial charge in [0.25, 0.3) is 0 Å². The minimum absolute atomic E-state index is 0.0739. The number of nitrogens with zero attached hydrogens (tertiary/aromatic N) is 2. The number of benzene rings is 3. The van der Waals surface area contributed by atoms with Gasteiger partial charge in [-0.2, -0.15) is 10.5 Å². The van der Waals surface area contributed by atoms with Crippen LogP contribution >= 0.6 is 0 Å². The highest BCUT2D eigenvalue weighted by Crippen LogP contribution is 2.53. The lowest BCUT2D eigenvalue weighted by molar-refractivity contribution is 0.442. The predicted octanol–water partition coefficient (Wildman–Crippen LogP) is 4.79. The van der Waals surface area contributed by atoms with E-state index < -0.39 is 5.92 Å². The Hall–Kier alpha value is -3.76. The molecule has 0 amide bonds. The van der Waals surface area contributed by atoms with Crippen molar-refractivity contribution in [1.29, 1.82) is 10.5 Å². The molecule has 4 heteroatoms. The molecular formula is C24H18N2O2. The second-order valence-electron chi connectivity index (χ2n) is 7.15. The van der Waals surface area contributed by atoms with Crippen LogP contribution < -0.4 is 0 Å². The molecule has 3 aromatic carbocycles. The summed E-state index contributed by atoms with van der Waals surface area (Å²) in [6, 6.07) is 18.5. The Morgan fingerprint density at radius 1 is 0.750 bits per heavy atom. The maximum Gasteiger partial charge on any atom is 0.120 e. The summed E-state index contributed by atoms with van der Waals surface area (Å²) in [5.74, 6) is -0.559. The van der Waals surface area contributed by atoms with Gasteiger partial charge in [-0.3, -0.25) is 0 Å². The summed E-state index contributed by atoms with van der Waals surface area (Å²) in [5.41, 5.74) is 5.67. The van der Waals surface area contributed by atoms with Crippen LogP contribution in [0, 0.1) is 29.6 Å². The van der Waals surface area contributed by atoms with Crippen molar-refractivity contribution in [1.82, 2.24) is 0 Å². The molecule has 1 aliphatic carbocycles. The average Bonchev–Trinajstić information content (AvgIpc) is 2.70. The zero-order valence-electron chi connectivity index (χ0n) is 15.6. The highest BCUT2D eigenvalue weighted by molar-refractivity contribution is 5.68. The van der Waals surface area contributed by atoms with Gasteiger partial charge in [-0.1, -0.05) is 31.2 Å². The SMILES string of the molecule is Cc1cccc(C#N)c1C1c2cccc(C#N)c2C(C)c2c(O)ccc(O)c21. The lowest BCUT2D eigenvalue weighted by atomic mass is 9.67. The summed E-state index contributed by atoms with van der Waals surface area (Å²) in [7, 11) is 0. The van der Waals surface area contributed by atoms with Crippen molar-refractivity contribution in [3.8, 4) is 23.6 Å². The van der Waals surface area contributed by atoms with Gasteiger partial charge in [0, 0.05) is 23.0 Å². The standard InChI is InChI=1S/C24H18N2O2/c1-13-5-3-6-15(11-25)20(13)23-17-8-4-7-16(12-26)21(17)14(2)22-18(27)9-10-19(28)24(22)23/h3-10,14,23,27-28H,1-2H3. The van der Waals surface area contributed by atoms with E-state index in [9.17, 15) is 20.7 Å². The molecule has 136 valence electrons. The third kappa shape index (κ3) is 2.36. The Morgan fingerprint density at radius 3 is 1.96 bits per heavy atom. The first-order valence-electron chi connectivity index (χ1n) is 9.06. The molecule has 0 saturated carbocycles. The molecule has 0 radical (unpaired) electrons. The highest BCUT2D eigenvalue weighted by atomic mass is 16.3. The van der Waals surface area contributed by atoms with Crippen LogP contribution in [0.4, 0.5) is 0 Å². The lowest BCUT2D eigenvalue weighted by Gasteiger charge is -2.35. The third-order valence-corrected chi connectivity index (χ3v) is 5.70. The molecule has 4 rings (SSSR count). The van der Waals surface area contributed by atoms with Gasteiger partial charge in [0.05, 0.1) is 23.3 Å². The number of aryl methyl sites for hydroxylation is 1. The van der Waals surface area contributed by atoms with E-state index in [2.05, 4.69) is 12.1 Å². The van der Waals surface area contributed by atoms with Crippen molar-refractivity contribution in [2.75, 3.05) is 0 Å². The molecule has 2 atom stereocenters. The molecule has 4 nitrogen and oxygen atoms in total. The van der Waals surface area contributed by atoms with Crippen LogP contribution in [-0.2, 0) is 0 Å². The van der Waals surface area contributed by atoms with E-state index in [1.807, 2.05) is 38.1 Å². The van der Waals surface area contributed by atoms with Crippen molar-refractivity contribution >= 4 is 0 Å². The molecule has 0 heterocycles. The topological polar surface area (TPSA) is 88.0 Å². The van der Waals surface area contributed by atoms with Crippen LogP contribution in [0.3, 0.4) is 0 Å². The fourth-order valence-corrected chi connectivity index (χ4v) is 4.55. The molecule has 2 unspecified atom stereocenters. The van der Waals surface area contributed by atoms with Gasteiger partial charge in [0.1, 0.15) is 11.5 Å². The van der Waals surface area contributed by atoms with Crippen molar-refractivity contribution < 1.29 is 10.2 Å². The van der Waals surface area contributed by atoms with E-state index in [1.165, 1.54) is 12.1 Å². The second kappa shape index (κ2) is 6.44. The lowest BCUT2D eigenvalue weighted by Crippen LogP contribution is -2.20. The molecule has 3 aromatic rings. The van der Waals surface area contributed by atoms with Gasteiger partial charge in [-0.25, -0.2) is 0 Å². The Kier molecular flexibility index (Phi) is 4.06. The smallest absolute Gasteiger partial charge is 0.120 e. The summed E-state index contributed by atoms with van der Waals surface area (Å²) in [6.45, 7) is 3.86. The van der Waals surface area contributed by atoms with Crippen LogP contribution in [0.25, 0.3) is 0 Å². The largest absolute Gasteiger partial charge is 0.508 e. The van der Waals surface area contributed by atoms with E-state index in [1.54, 1.807) is 12.1 Å². The van der Waals surface area contributed by atoms with E-state index in [-0.39, 0.29) is 17.4 Å². The summed E-state index contributed by atoms with van der Waals surface area (Å²) in [4.78, 5) is 0. The number of aromatic hydroxyl groups is 2. The average molecular weight is 366 g/mol. The molecule has 0 fully saturated rings. The van der Waals surface area contributed by atoms with Crippen LogP contribution in [0.1, 0.15) is 63.3 Å². The van der Waals surface area contributed by atoms with Gasteiger partial charge in [0.2, 0.25) is 0 Å². The molecule has 28 heavy (non-hydrogen) atoms. The Morgan fingerprint density at radius 2 is 1.32 bits per heavy atom.